The molecule has 8 rings (SSSR count). The third-order valence-electron chi connectivity index (χ3n) is 9.60. The van der Waals surface area contributed by atoms with Crippen LogP contribution in [0.15, 0.2) is 140 Å². The lowest BCUT2D eigenvalue weighted by atomic mass is 9.83. The predicted octanol–water partition coefficient (Wildman–Crippen LogP) is 12.0. The molecule has 1 heterocycles. The molecule has 0 saturated carbocycles. The molecule has 0 fully saturated rings. The molecule has 0 aromatic heterocycles. The SMILES string of the molecule is Cc1cc(C)c(-c2ccc(-c3c4ccccc4c(-c4ccc(C5=CC=CC(C)N5)cc4)c4ccccc34)c3ccccc23)c(C)c1. The number of aryl methyl sites for hydroxylation is 3. The molecule has 0 saturated heterocycles. The summed E-state index contributed by atoms with van der Waals surface area (Å²) in [5.74, 6) is 0. The van der Waals surface area contributed by atoms with Crippen molar-refractivity contribution in [3.63, 3.8) is 0 Å². The van der Waals surface area contributed by atoms with Gasteiger partial charge in [-0.1, -0.05) is 139 Å². The van der Waals surface area contributed by atoms with E-state index in [-0.39, 0.29) is 0 Å². The number of hydrogen-bond donors (Lipinski definition) is 1. The van der Waals surface area contributed by atoms with Crippen molar-refractivity contribution in [3.8, 4) is 33.4 Å². The second-order valence-electron chi connectivity index (χ2n) is 12.8. The Bertz CT molecular complexity index is 2290. The first kappa shape index (κ1) is 28.1. The Hall–Kier alpha value is -5.40. The minimum atomic E-state index is 0.329. The summed E-state index contributed by atoms with van der Waals surface area (Å²) >= 11 is 0. The van der Waals surface area contributed by atoms with Crippen LogP contribution >= 0.6 is 0 Å². The second kappa shape index (κ2) is 11.2. The van der Waals surface area contributed by atoms with Crippen molar-refractivity contribution in [2.24, 2.45) is 0 Å². The average molecular weight is 592 g/mol. The molecule has 0 amide bonds. The maximum absolute atomic E-state index is 3.59. The Morgan fingerprint density at radius 1 is 0.478 bits per heavy atom. The van der Waals surface area contributed by atoms with Crippen LogP contribution in [-0.4, -0.2) is 6.04 Å². The van der Waals surface area contributed by atoms with E-state index < -0.39 is 0 Å². The van der Waals surface area contributed by atoms with Gasteiger partial charge in [0.15, 0.2) is 0 Å². The van der Waals surface area contributed by atoms with Crippen LogP contribution in [0.4, 0.5) is 0 Å². The Morgan fingerprint density at radius 3 is 1.46 bits per heavy atom. The van der Waals surface area contributed by atoms with E-state index in [1.165, 1.54) is 88.0 Å². The monoisotopic (exact) mass is 591 g/mol. The quantitative estimate of drug-likeness (QED) is 0.201. The van der Waals surface area contributed by atoms with E-state index >= 15 is 0 Å². The molecule has 1 heteroatoms. The summed E-state index contributed by atoms with van der Waals surface area (Å²) < 4.78 is 0. The van der Waals surface area contributed by atoms with E-state index in [4.69, 9.17) is 0 Å². The van der Waals surface area contributed by atoms with E-state index in [0.29, 0.717) is 6.04 Å². The first-order valence-corrected chi connectivity index (χ1v) is 16.3. The van der Waals surface area contributed by atoms with E-state index in [0.717, 1.165) is 5.70 Å². The van der Waals surface area contributed by atoms with Gasteiger partial charge < -0.3 is 5.32 Å². The van der Waals surface area contributed by atoms with E-state index in [1.807, 2.05) is 0 Å². The van der Waals surface area contributed by atoms with Gasteiger partial charge in [-0.3, -0.25) is 0 Å². The molecule has 1 aliphatic rings. The maximum atomic E-state index is 3.59. The topological polar surface area (TPSA) is 12.0 Å². The standard InChI is InChI=1S/C45H37N/c1-28-26-29(2)43(30(3)27-28)40-24-25-41(35-14-6-5-13-34(35)40)45-38-17-9-7-15-36(38)44(37-16-8-10-18-39(37)45)33-22-20-32(21-23-33)42-19-11-12-31(4)46-42/h5-27,31,46H,1-4H3. The molecule has 1 N–H and O–H groups in total. The number of benzene rings is 7. The fourth-order valence-electron chi connectivity index (χ4n) is 7.73. The van der Waals surface area contributed by atoms with E-state index in [1.54, 1.807) is 0 Å². The number of fused-ring (bicyclic) bond motifs is 3. The molecule has 1 nitrogen and oxygen atoms in total. The van der Waals surface area contributed by atoms with E-state index in [2.05, 4.69) is 173 Å². The van der Waals surface area contributed by atoms with Gasteiger partial charge in [0, 0.05) is 11.7 Å². The fourth-order valence-corrected chi connectivity index (χ4v) is 7.73. The van der Waals surface area contributed by atoms with Crippen LogP contribution in [0.1, 0.15) is 29.2 Å². The van der Waals surface area contributed by atoms with Crippen LogP contribution < -0.4 is 5.32 Å². The molecule has 7 aromatic carbocycles. The molecule has 7 aromatic rings. The molecule has 0 radical (unpaired) electrons. The summed E-state index contributed by atoms with van der Waals surface area (Å²) in [6.07, 6.45) is 6.48. The Labute approximate surface area is 271 Å². The van der Waals surface area contributed by atoms with Gasteiger partial charge in [0.25, 0.3) is 0 Å². The highest BCUT2D eigenvalue weighted by Crippen LogP contribution is 2.47. The fraction of sp³-hybridized carbons (Fsp3) is 0.111. The summed E-state index contributed by atoms with van der Waals surface area (Å²) in [5.41, 5.74) is 14.0. The predicted molar refractivity (Wildman–Crippen MR) is 199 cm³/mol. The highest BCUT2D eigenvalue weighted by Gasteiger charge is 2.20. The van der Waals surface area contributed by atoms with Crippen molar-refractivity contribution in [1.82, 2.24) is 5.32 Å². The average Bonchev–Trinajstić information content (AvgIpc) is 3.07. The summed E-state index contributed by atoms with van der Waals surface area (Å²) in [4.78, 5) is 0. The zero-order valence-electron chi connectivity index (χ0n) is 26.9. The Morgan fingerprint density at radius 2 is 0.935 bits per heavy atom. The summed E-state index contributed by atoms with van der Waals surface area (Å²) in [5, 5.41) is 11.3. The van der Waals surface area contributed by atoms with Crippen LogP contribution in [-0.2, 0) is 0 Å². The van der Waals surface area contributed by atoms with Gasteiger partial charge in [-0.05, 0) is 116 Å². The largest absolute Gasteiger partial charge is 0.379 e. The van der Waals surface area contributed by atoms with Gasteiger partial charge in [-0.2, -0.15) is 0 Å². The third kappa shape index (κ3) is 4.63. The molecule has 0 spiro atoms. The summed E-state index contributed by atoms with van der Waals surface area (Å²) in [6.45, 7) is 8.84. The molecular formula is C45H37N. The Balaban J connectivity index is 1.37. The lowest BCUT2D eigenvalue weighted by Crippen LogP contribution is -2.24. The minimum Gasteiger partial charge on any atom is -0.379 e. The van der Waals surface area contributed by atoms with Gasteiger partial charge in [-0.15, -0.1) is 0 Å². The van der Waals surface area contributed by atoms with Gasteiger partial charge in [0.1, 0.15) is 0 Å². The number of dihydropyridines is 1. The van der Waals surface area contributed by atoms with E-state index in [9.17, 15) is 0 Å². The maximum Gasteiger partial charge on any atom is 0.0419 e. The highest BCUT2D eigenvalue weighted by atomic mass is 14.9. The van der Waals surface area contributed by atoms with Crippen molar-refractivity contribution < 1.29 is 0 Å². The lowest BCUT2D eigenvalue weighted by Gasteiger charge is -2.21. The smallest absolute Gasteiger partial charge is 0.0419 e. The molecule has 0 bridgehead atoms. The zero-order valence-corrected chi connectivity index (χ0v) is 26.9. The van der Waals surface area contributed by atoms with Crippen LogP contribution in [0.25, 0.3) is 71.4 Å². The molecule has 1 aliphatic heterocycles. The molecule has 222 valence electrons. The third-order valence-corrected chi connectivity index (χ3v) is 9.60. The van der Waals surface area contributed by atoms with Gasteiger partial charge in [-0.25, -0.2) is 0 Å². The highest BCUT2D eigenvalue weighted by molar-refractivity contribution is 6.24. The second-order valence-corrected chi connectivity index (χ2v) is 12.8. The molecule has 0 aliphatic carbocycles. The van der Waals surface area contributed by atoms with Crippen LogP contribution in [0.5, 0.6) is 0 Å². The molecule has 46 heavy (non-hydrogen) atoms. The number of nitrogens with one attached hydrogen (secondary N) is 1. The first-order valence-electron chi connectivity index (χ1n) is 16.3. The van der Waals surface area contributed by atoms with Crippen molar-refractivity contribution in [2.45, 2.75) is 33.7 Å². The van der Waals surface area contributed by atoms with Crippen molar-refractivity contribution in [2.75, 3.05) is 0 Å². The number of rotatable bonds is 4. The molecule has 1 unspecified atom stereocenters. The zero-order chi connectivity index (χ0) is 31.4. The first-order chi connectivity index (χ1) is 22.5. The van der Waals surface area contributed by atoms with Crippen molar-refractivity contribution >= 4 is 38.0 Å². The van der Waals surface area contributed by atoms with Gasteiger partial charge in [0.05, 0.1) is 0 Å². The van der Waals surface area contributed by atoms with Crippen LogP contribution in [0, 0.1) is 20.8 Å². The number of allylic oxidation sites excluding steroid dienone is 2. The van der Waals surface area contributed by atoms with Gasteiger partial charge in [0.2, 0.25) is 0 Å². The van der Waals surface area contributed by atoms with Gasteiger partial charge >= 0.3 is 0 Å². The van der Waals surface area contributed by atoms with Crippen LogP contribution in [0.3, 0.4) is 0 Å². The van der Waals surface area contributed by atoms with Crippen LogP contribution in [0.2, 0.25) is 0 Å². The van der Waals surface area contributed by atoms with Crippen molar-refractivity contribution in [3.05, 3.63) is 162 Å². The molecular weight excluding hydrogens is 555 g/mol. The number of hydrogen-bond acceptors (Lipinski definition) is 1. The Kier molecular flexibility index (Phi) is 6.84. The minimum absolute atomic E-state index is 0.329. The van der Waals surface area contributed by atoms with Crippen molar-refractivity contribution in [1.29, 1.82) is 0 Å². The summed E-state index contributed by atoms with van der Waals surface area (Å²) in [6, 6.07) is 45.5. The molecule has 1 atom stereocenters. The lowest BCUT2D eigenvalue weighted by molar-refractivity contribution is 0.778. The summed E-state index contributed by atoms with van der Waals surface area (Å²) in [7, 11) is 0. The normalized spacial score (nSPS) is 14.5.